The molecule has 0 saturated carbocycles. The fraction of sp³-hybridized carbons (Fsp3) is 0.393. The molecule has 0 spiro atoms. The molecule has 15 nitrogen and oxygen atoms in total. The Kier molecular flexibility index (Phi) is 13.0. The third-order valence-electron chi connectivity index (χ3n) is 6.19. The Morgan fingerprint density at radius 1 is 0.698 bits per heavy atom. The summed E-state index contributed by atoms with van der Waals surface area (Å²) in [6.45, 7) is -0.880. The SMILES string of the molecule is COC(=O)c1c(O)cc(CNC(=O)CN(CC(=O)NCc2cc(O)c(C(=O)OC)c(O)c2)C(=O)CCCCCN)cc1O. The smallest absolute Gasteiger partial charge is 0.345 e. The van der Waals surface area contributed by atoms with Gasteiger partial charge in [-0.15, -0.1) is 0 Å². The number of esters is 2. The lowest BCUT2D eigenvalue weighted by Crippen LogP contribution is -2.45. The lowest BCUT2D eigenvalue weighted by atomic mass is 10.1. The summed E-state index contributed by atoms with van der Waals surface area (Å²) < 4.78 is 9.00. The van der Waals surface area contributed by atoms with Crippen LogP contribution in [0.2, 0.25) is 0 Å². The maximum absolute atomic E-state index is 12.9. The van der Waals surface area contributed by atoms with Crippen LogP contribution < -0.4 is 16.4 Å². The van der Waals surface area contributed by atoms with Gasteiger partial charge in [0, 0.05) is 19.5 Å². The summed E-state index contributed by atoms with van der Waals surface area (Å²) in [6, 6.07) is 4.64. The number of unbranched alkanes of at least 4 members (excludes halogenated alkanes) is 2. The van der Waals surface area contributed by atoms with Gasteiger partial charge in [-0.1, -0.05) is 6.42 Å². The standard InChI is InChI=1S/C28H36N4O11/c1-42-27(40)25-18(33)8-16(9-19(25)34)12-30-22(37)14-32(24(39)6-4-3-5-7-29)15-23(38)31-13-17-10-20(35)26(21(36)11-17)28(41)43-2/h8-11,33-36H,3-7,12-15,29H2,1-2H3,(H,30,37)(H,31,38). The van der Waals surface area contributed by atoms with Crippen molar-refractivity contribution in [1.82, 2.24) is 15.5 Å². The average molecular weight is 605 g/mol. The van der Waals surface area contributed by atoms with Gasteiger partial charge in [0.05, 0.1) is 14.2 Å². The van der Waals surface area contributed by atoms with Crippen LogP contribution in [0.15, 0.2) is 24.3 Å². The predicted octanol–water partition coefficient (Wildman–Crippen LogP) is 0.363. The monoisotopic (exact) mass is 604 g/mol. The van der Waals surface area contributed by atoms with Crippen LogP contribution in [0.25, 0.3) is 0 Å². The topological polar surface area (TPSA) is 238 Å². The van der Waals surface area contributed by atoms with E-state index in [0.29, 0.717) is 25.8 Å². The number of nitrogens with one attached hydrogen (secondary N) is 2. The van der Waals surface area contributed by atoms with Crippen LogP contribution in [0, 0.1) is 0 Å². The Morgan fingerprint density at radius 2 is 1.09 bits per heavy atom. The van der Waals surface area contributed by atoms with E-state index in [9.17, 15) is 44.4 Å². The number of phenolic OH excluding ortho intramolecular Hbond substituents is 4. The van der Waals surface area contributed by atoms with Crippen molar-refractivity contribution in [3.63, 3.8) is 0 Å². The van der Waals surface area contributed by atoms with Gasteiger partial charge in [0.2, 0.25) is 17.7 Å². The van der Waals surface area contributed by atoms with E-state index in [4.69, 9.17) is 5.73 Å². The van der Waals surface area contributed by atoms with Gasteiger partial charge in [-0.2, -0.15) is 0 Å². The van der Waals surface area contributed by atoms with Crippen molar-refractivity contribution in [2.75, 3.05) is 33.9 Å². The molecule has 0 aliphatic carbocycles. The number of hydrogen-bond donors (Lipinski definition) is 7. The van der Waals surface area contributed by atoms with Gasteiger partial charge < -0.3 is 51.2 Å². The van der Waals surface area contributed by atoms with Crippen LogP contribution in [-0.4, -0.2) is 88.8 Å². The summed E-state index contributed by atoms with van der Waals surface area (Å²) in [5, 5.41) is 45.3. The maximum Gasteiger partial charge on any atom is 0.345 e. The molecule has 3 amide bonds. The minimum Gasteiger partial charge on any atom is -0.507 e. The van der Waals surface area contributed by atoms with Crippen LogP contribution in [-0.2, 0) is 36.9 Å². The van der Waals surface area contributed by atoms with E-state index >= 15 is 0 Å². The van der Waals surface area contributed by atoms with E-state index in [2.05, 4.69) is 20.1 Å². The highest BCUT2D eigenvalue weighted by Crippen LogP contribution is 2.30. The van der Waals surface area contributed by atoms with Gasteiger partial charge in [0.25, 0.3) is 0 Å². The third-order valence-corrected chi connectivity index (χ3v) is 6.19. The first kappa shape index (κ1) is 34.2. The maximum atomic E-state index is 12.9. The largest absolute Gasteiger partial charge is 0.507 e. The first-order chi connectivity index (χ1) is 20.4. The van der Waals surface area contributed by atoms with Gasteiger partial charge in [-0.05, 0) is 54.8 Å². The van der Waals surface area contributed by atoms with Gasteiger partial charge in [0.15, 0.2) is 0 Å². The second kappa shape index (κ2) is 16.4. The normalized spacial score (nSPS) is 10.5. The van der Waals surface area contributed by atoms with Crippen molar-refractivity contribution in [1.29, 1.82) is 0 Å². The van der Waals surface area contributed by atoms with E-state index in [1.54, 1.807) is 0 Å². The van der Waals surface area contributed by atoms with Crippen LogP contribution in [0.1, 0.15) is 57.5 Å². The van der Waals surface area contributed by atoms with E-state index < -0.39 is 76.9 Å². The van der Waals surface area contributed by atoms with Crippen molar-refractivity contribution >= 4 is 29.7 Å². The second-order valence-corrected chi connectivity index (χ2v) is 9.40. The zero-order chi connectivity index (χ0) is 32.1. The summed E-state index contributed by atoms with van der Waals surface area (Å²) in [5.41, 5.74) is 5.12. The molecule has 0 aliphatic heterocycles. The second-order valence-electron chi connectivity index (χ2n) is 9.40. The first-order valence-electron chi connectivity index (χ1n) is 13.2. The number of benzene rings is 2. The van der Waals surface area contributed by atoms with Crippen LogP contribution in [0.4, 0.5) is 0 Å². The number of hydrogen-bond acceptors (Lipinski definition) is 12. The van der Waals surface area contributed by atoms with Gasteiger partial charge >= 0.3 is 11.9 Å². The summed E-state index contributed by atoms with van der Waals surface area (Å²) >= 11 is 0. The number of carbonyl (C=O) groups excluding carboxylic acids is 5. The Balaban J connectivity index is 2.06. The van der Waals surface area contributed by atoms with Crippen molar-refractivity contribution in [2.24, 2.45) is 5.73 Å². The minimum absolute atomic E-state index is 0.0635. The molecule has 0 atom stereocenters. The van der Waals surface area contributed by atoms with Gasteiger partial charge in [-0.25, -0.2) is 9.59 Å². The van der Waals surface area contributed by atoms with E-state index in [0.717, 1.165) is 43.4 Å². The van der Waals surface area contributed by atoms with Crippen molar-refractivity contribution in [3.05, 3.63) is 46.5 Å². The molecule has 0 radical (unpaired) electrons. The highest BCUT2D eigenvalue weighted by atomic mass is 16.5. The molecule has 0 fully saturated rings. The van der Waals surface area contributed by atoms with E-state index in [1.165, 1.54) is 0 Å². The lowest BCUT2D eigenvalue weighted by Gasteiger charge is -2.22. The Morgan fingerprint density at radius 3 is 1.44 bits per heavy atom. The lowest BCUT2D eigenvalue weighted by molar-refractivity contribution is -0.139. The van der Waals surface area contributed by atoms with Crippen molar-refractivity contribution < 1.29 is 53.9 Å². The molecular weight excluding hydrogens is 568 g/mol. The molecular formula is C28H36N4O11. The summed E-state index contributed by atoms with van der Waals surface area (Å²) in [6.07, 6.45) is 1.94. The molecule has 15 heteroatoms. The van der Waals surface area contributed by atoms with E-state index in [1.807, 2.05) is 0 Å². The molecule has 0 heterocycles. The fourth-order valence-corrected chi connectivity index (χ4v) is 4.01. The molecule has 8 N–H and O–H groups in total. The Bertz CT molecular complexity index is 1210. The number of nitrogens with zero attached hydrogens (tertiary/aromatic N) is 1. The molecule has 0 aliphatic rings. The summed E-state index contributed by atoms with van der Waals surface area (Å²) in [5.74, 6) is -5.86. The molecule has 0 unspecified atom stereocenters. The zero-order valence-electron chi connectivity index (χ0n) is 23.8. The number of rotatable bonds is 15. The number of carbonyl (C=O) groups is 5. The average Bonchev–Trinajstić information content (AvgIpc) is 2.95. The Labute approximate surface area is 247 Å². The highest BCUT2D eigenvalue weighted by molar-refractivity contribution is 5.96. The summed E-state index contributed by atoms with van der Waals surface area (Å²) in [4.78, 5) is 62.7. The van der Waals surface area contributed by atoms with Crippen LogP contribution >= 0.6 is 0 Å². The number of nitrogens with two attached hydrogens (primary N) is 1. The van der Waals surface area contributed by atoms with Crippen LogP contribution in [0.5, 0.6) is 23.0 Å². The molecule has 2 rings (SSSR count). The van der Waals surface area contributed by atoms with Crippen molar-refractivity contribution in [3.8, 4) is 23.0 Å². The van der Waals surface area contributed by atoms with Crippen LogP contribution in [0.3, 0.4) is 0 Å². The molecule has 0 bridgehead atoms. The molecule has 43 heavy (non-hydrogen) atoms. The first-order valence-corrected chi connectivity index (χ1v) is 13.2. The molecule has 234 valence electrons. The van der Waals surface area contributed by atoms with Crippen molar-refractivity contribution in [2.45, 2.75) is 38.8 Å². The molecule has 2 aromatic carbocycles. The number of methoxy groups -OCH3 is 2. The quantitative estimate of drug-likeness (QED) is 0.108. The van der Waals surface area contributed by atoms with E-state index in [-0.39, 0.29) is 30.6 Å². The minimum atomic E-state index is -0.948. The molecule has 0 aromatic heterocycles. The van der Waals surface area contributed by atoms with Gasteiger partial charge in [0.1, 0.15) is 47.2 Å². The number of phenols is 4. The zero-order valence-corrected chi connectivity index (χ0v) is 23.8. The molecule has 0 saturated heterocycles. The Hall–Kier alpha value is -5.05. The fourth-order valence-electron chi connectivity index (χ4n) is 4.01. The summed E-state index contributed by atoms with van der Waals surface area (Å²) in [7, 11) is 2.17. The molecule has 2 aromatic rings. The van der Waals surface area contributed by atoms with Gasteiger partial charge in [-0.3, -0.25) is 14.4 Å². The number of amides is 3. The predicted molar refractivity (Wildman–Crippen MR) is 150 cm³/mol. The third kappa shape index (κ3) is 10.1. The number of aromatic hydroxyl groups is 4. The number of ether oxygens (including phenoxy) is 2. The highest BCUT2D eigenvalue weighted by Gasteiger charge is 2.22.